The normalized spacial score (nSPS) is 14.0. The van der Waals surface area contributed by atoms with Gasteiger partial charge < -0.3 is 15.1 Å². The summed E-state index contributed by atoms with van der Waals surface area (Å²) in [6, 6.07) is 15.6. The fourth-order valence-corrected chi connectivity index (χ4v) is 3.45. The van der Waals surface area contributed by atoms with Gasteiger partial charge in [-0.15, -0.1) is 0 Å². The minimum Gasteiger partial charge on any atom is -0.353 e. The van der Waals surface area contributed by atoms with Gasteiger partial charge in [0.25, 0.3) is 5.91 Å². The van der Waals surface area contributed by atoms with Crippen molar-refractivity contribution in [1.29, 1.82) is 0 Å². The third-order valence-corrected chi connectivity index (χ3v) is 4.89. The monoisotopic (exact) mass is 388 g/mol. The third-order valence-electron chi connectivity index (χ3n) is 4.89. The number of anilines is 3. The van der Waals surface area contributed by atoms with Gasteiger partial charge in [-0.05, 0) is 43.7 Å². The lowest BCUT2D eigenvalue weighted by Gasteiger charge is -2.35. The highest BCUT2D eigenvalue weighted by Gasteiger charge is 2.24. The molecule has 7 heteroatoms. The zero-order valence-corrected chi connectivity index (χ0v) is 16.7. The van der Waals surface area contributed by atoms with Gasteiger partial charge in [-0.3, -0.25) is 4.79 Å². The molecule has 0 unspecified atom stereocenters. The summed E-state index contributed by atoms with van der Waals surface area (Å²) in [5, 5.41) is 3.27. The zero-order chi connectivity index (χ0) is 20.2. The highest BCUT2D eigenvalue weighted by Crippen LogP contribution is 2.18. The molecular weight excluding hydrogens is 364 g/mol. The Balaban J connectivity index is 1.45. The summed E-state index contributed by atoms with van der Waals surface area (Å²) in [6.07, 6.45) is 1.79. The standard InChI is InChI=1S/C22H24N6O/c1-16-6-5-7-18(14-16)26-20-15-19(24-17(2)25-20)22(29)28-12-10-27(11-13-28)21-8-3-4-9-23-21/h3-9,14-15H,10-13H2,1-2H3,(H,24,25,26). The second-order valence-corrected chi connectivity index (χ2v) is 7.15. The highest BCUT2D eigenvalue weighted by molar-refractivity contribution is 5.93. The van der Waals surface area contributed by atoms with Crippen LogP contribution in [0.25, 0.3) is 0 Å². The Morgan fingerprint density at radius 2 is 1.79 bits per heavy atom. The molecule has 1 aliphatic rings. The first-order valence-corrected chi connectivity index (χ1v) is 9.73. The number of piperazine rings is 1. The number of rotatable bonds is 4. The van der Waals surface area contributed by atoms with Gasteiger partial charge in [-0.2, -0.15) is 0 Å². The quantitative estimate of drug-likeness (QED) is 0.740. The summed E-state index contributed by atoms with van der Waals surface area (Å²) in [7, 11) is 0. The highest BCUT2D eigenvalue weighted by atomic mass is 16.2. The summed E-state index contributed by atoms with van der Waals surface area (Å²) in [5.74, 6) is 2.07. The summed E-state index contributed by atoms with van der Waals surface area (Å²) in [4.78, 5) is 30.3. The second kappa shape index (κ2) is 8.26. The first-order valence-electron chi connectivity index (χ1n) is 9.73. The van der Waals surface area contributed by atoms with Crippen molar-refractivity contribution in [3.05, 3.63) is 71.8 Å². The van der Waals surface area contributed by atoms with Gasteiger partial charge in [0.05, 0.1) is 0 Å². The predicted octanol–water partition coefficient (Wildman–Crippen LogP) is 3.19. The number of nitrogens with one attached hydrogen (secondary N) is 1. The van der Waals surface area contributed by atoms with Crippen LogP contribution in [-0.2, 0) is 0 Å². The SMILES string of the molecule is Cc1cccc(Nc2cc(C(=O)N3CCN(c4ccccn4)CC3)nc(C)n2)c1. The van der Waals surface area contributed by atoms with Crippen molar-refractivity contribution in [2.24, 2.45) is 0 Å². The van der Waals surface area contributed by atoms with Crippen LogP contribution in [0.4, 0.5) is 17.3 Å². The van der Waals surface area contributed by atoms with Gasteiger partial charge in [-0.1, -0.05) is 18.2 Å². The predicted molar refractivity (Wildman–Crippen MR) is 114 cm³/mol. The number of aryl methyl sites for hydroxylation is 2. The third kappa shape index (κ3) is 4.51. The van der Waals surface area contributed by atoms with E-state index in [0.29, 0.717) is 30.4 Å². The Bertz CT molecular complexity index is 999. The number of nitrogens with zero attached hydrogens (tertiary/aromatic N) is 5. The zero-order valence-electron chi connectivity index (χ0n) is 16.7. The van der Waals surface area contributed by atoms with Gasteiger partial charge in [0.2, 0.25) is 0 Å². The summed E-state index contributed by atoms with van der Waals surface area (Å²) in [6.45, 7) is 6.62. The number of benzene rings is 1. The van der Waals surface area contributed by atoms with E-state index in [-0.39, 0.29) is 5.91 Å². The Hall–Kier alpha value is -3.48. The molecule has 148 valence electrons. The minimum absolute atomic E-state index is 0.0662. The maximum Gasteiger partial charge on any atom is 0.272 e. The summed E-state index contributed by atoms with van der Waals surface area (Å²) in [5.41, 5.74) is 2.51. The first-order chi connectivity index (χ1) is 14.1. The van der Waals surface area contributed by atoms with E-state index >= 15 is 0 Å². The molecular formula is C22H24N6O. The average molecular weight is 388 g/mol. The summed E-state index contributed by atoms with van der Waals surface area (Å²) >= 11 is 0. The number of amides is 1. The molecule has 0 aliphatic carbocycles. The van der Waals surface area contributed by atoms with E-state index in [4.69, 9.17) is 0 Å². The number of carbonyl (C=O) groups is 1. The van der Waals surface area contributed by atoms with Gasteiger partial charge in [0.1, 0.15) is 23.2 Å². The van der Waals surface area contributed by atoms with Crippen LogP contribution >= 0.6 is 0 Å². The van der Waals surface area contributed by atoms with Crippen molar-refractivity contribution in [1.82, 2.24) is 19.9 Å². The van der Waals surface area contributed by atoms with E-state index in [1.807, 2.05) is 54.3 Å². The minimum atomic E-state index is -0.0662. The maximum absolute atomic E-state index is 13.0. The van der Waals surface area contributed by atoms with Gasteiger partial charge in [0.15, 0.2) is 0 Å². The largest absolute Gasteiger partial charge is 0.353 e. The van der Waals surface area contributed by atoms with Crippen LogP contribution in [0.5, 0.6) is 0 Å². The van der Waals surface area contributed by atoms with E-state index in [1.165, 1.54) is 0 Å². The maximum atomic E-state index is 13.0. The first kappa shape index (κ1) is 18.9. The van der Waals surface area contributed by atoms with Crippen molar-refractivity contribution in [2.45, 2.75) is 13.8 Å². The smallest absolute Gasteiger partial charge is 0.272 e. The molecule has 0 atom stereocenters. The van der Waals surface area contributed by atoms with Gasteiger partial charge in [0, 0.05) is 44.1 Å². The molecule has 1 amide bonds. The fraction of sp³-hybridized carbons (Fsp3) is 0.273. The molecule has 4 rings (SSSR count). The molecule has 0 bridgehead atoms. The fourth-order valence-electron chi connectivity index (χ4n) is 3.45. The van der Waals surface area contributed by atoms with E-state index in [9.17, 15) is 4.79 Å². The molecule has 7 nitrogen and oxygen atoms in total. The average Bonchev–Trinajstić information content (AvgIpc) is 2.73. The van der Waals surface area contributed by atoms with Crippen molar-refractivity contribution in [3.8, 4) is 0 Å². The lowest BCUT2D eigenvalue weighted by atomic mass is 10.2. The van der Waals surface area contributed by atoms with Crippen LogP contribution in [0.3, 0.4) is 0 Å². The molecule has 1 fully saturated rings. The Kier molecular flexibility index (Phi) is 5.37. The number of carbonyl (C=O) groups excluding carboxylic acids is 1. The van der Waals surface area contributed by atoms with Crippen molar-refractivity contribution >= 4 is 23.2 Å². The Labute approximate surface area is 170 Å². The van der Waals surface area contributed by atoms with Crippen molar-refractivity contribution < 1.29 is 4.79 Å². The Morgan fingerprint density at radius 3 is 2.52 bits per heavy atom. The molecule has 3 heterocycles. The van der Waals surface area contributed by atoms with Crippen LogP contribution in [0, 0.1) is 13.8 Å². The van der Waals surface area contributed by atoms with E-state index in [2.05, 4.69) is 25.2 Å². The molecule has 0 saturated carbocycles. The van der Waals surface area contributed by atoms with Crippen LogP contribution in [-0.4, -0.2) is 51.9 Å². The van der Waals surface area contributed by atoms with Gasteiger partial charge >= 0.3 is 0 Å². The molecule has 2 aromatic heterocycles. The molecule has 0 radical (unpaired) electrons. The van der Waals surface area contributed by atoms with E-state index in [1.54, 1.807) is 19.2 Å². The second-order valence-electron chi connectivity index (χ2n) is 7.15. The van der Waals surface area contributed by atoms with Crippen molar-refractivity contribution in [3.63, 3.8) is 0 Å². The van der Waals surface area contributed by atoms with E-state index in [0.717, 1.165) is 30.2 Å². The lowest BCUT2D eigenvalue weighted by molar-refractivity contribution is 0.0740. The van der Waals surface area contributed by atoms with Crippen LogP contribution in [0.1, 0.15) is 21.9 Å². The topological polar surface area (TPSA) is 74.2 Å². The molecule has 1 aliphatic heterocycles. The molecule has 1 N–H and O–H groups in total. The Morgan fingerprint density at radius 1 is 0.966 bits per heavy atom. The number of hydrogen-bond acceptors (Lipinski definition) is 6. The van der Waals surface area contributed by atoms with Gasteiger partial charge in [-0.25, -0.2) is 15.0 Å². The number of hydrogen-bond donors (Lipinski definition) is 1. The molecule has 1 aromatic carbocycles. The van der Waals surface area contributed by atoms with Crippen LogP contribution < -0.4 is 10.2 Å². The number of aromatic nitrogens is 3. The van der Waals surface area contributed by atoms with E-state index < -0.39 is 0 Å². The molecule has 29 heavy (non-hydrogen) atoms. The molecule has 3 aromatic rings. The van der Waals surface area contributed by atoms with Crippen LogP contribution in [0.15, 0.2) is 54.7 Å². The van der Waals surface area contributed by atoms with Crippen molar-refractivity contribution in [2.75, 3.05) is 36.4 Å². The summed E-state index contributed by atoms with van der Waals surface area (Å²) < 4.78 is 0. The molecule has 1 saturated heterocycles. The molecule has 0 spiro atoms. The lowest BCUT2D eigenvalue weighted by Crippen LogP contribution is -2.49. The van der Waals surface area contributed by atoms with Crippen LogP contribution in [0.2, 0.25) is 0 Å². The number of pyridine rings is 1.